The molecule has 1 aromatic rings. The summed E-state index contributed by atoms with van der Waals surface area (Å²) in [5.41, 5.74) is 0.658. The number of halogens is 2. The van der Waals surface area contributed by atoms with E-state index in [1.54, 1.807) is 6.07 Å². The van der Waals surface area contributed by atoms with Gasteiger partial charge in [-0.25, -0.2) is 0 Å². The van der Waals surface area contributed by atoms with Crippen molar-refractivity contribution in [2.45, 2.75) is 12.5 Å². The van der Waals surface area contributed by atoms with Crippen LogP contribution in [-0.4, -0.2) is 61.1 Å². The molecule has 6 heteroatoms. The fraction of sp³-hybridized carbons (Fsp3) is 0.533. The minimum atomic E-state index is 0.0696. The van der Waals surface area contributed by atoms with Gasteiger partial charge in [0.05, 0.1) is 18.2 Å². The molecule has 3 rings (SSSR count). The lowest BCUT2D eigenvalue weighted by atomic mass is 10.2. The van der Waals surface area contributed by atoms with E-state index in [-0.39, 0.29) is 5.91 Å². The molecule has 21 heavy (non-hydrogen) atoms. The maximum Gasteiger partial charge on any atom is 0.253 e. The number of hydrogen-bond donors (Lipinski definition) is 0. The molecule has 2 aliphatic rings. The first-order chi connectivity index (χ1) is 10.1. The molecule has 1 aromatic carbocycles. The molecule has 0 bridgehead atoms. The highest BCUT2D eigenvalue weighted by Gasteiger charge is 2.31. The number of carbonyl (C=O) groups is 1. The van der Waals surface area contributed by atoms with Crippen molar-refractivity contribution >= 4 is 33.4 Å². The number of hydrogen-bond acceptors (Lipinski definition) is 3. The van der Waals surface area contributed by atoms with Crippen LogP contribution in [0.3, 0.4) is 0 Å². The number of likely N-dealkylation sites (tertiary alicyclic amines) is 1. The fourth-order valence-corrected chi connectivity index (χ4v) is 3.41. The Hall–Kier alpha value is -0.620. The van der Waals surface area contributed by atoms with E-state index in [0.717, 1.165) is 50.3 Å². The summed E-state index contributed by atoms with van der Waals surface area (Å²) in [6.45, 7) is 5.15. The van der Waals surface area contributed by atoms with E-state index >= 15 is 0 Å². The van der Waals surface area contributed by atoms with Gasteiger partial charge in [0, 0.05) is 42.3 Å². The fourth-order valence-electron chi connectivity index (χ4n) is 2.98. The van der Waals surface area contributed by atoms with E-state index < -0.39 is 0 Å². The number of rotatable bonds is 2. The van der Waals surface area contributed by atoms with Crippen LogP contribution >= 0.6 is 27.5 Å². The van der Waals surface area contributed by atoms with Crippen LogP contribution in [0.15, 0.2) is 22.7 Å². The predicted molar refractivity (Wildman–Crippen MR) is 85.9 cm³/mol. The van der Waals surface area contributed by atoms with Gasteiger partial charge in [-0.3, -0.25) is 9.69 Å². The van der Waals surface area contributed by atoms with E-state index in [2.05, 4.69) is 20.8 Å². The Labute approximate surface area is 138 Å². The molecule has 1 unspecified atom stereocenters. The standard InChI is InChI=1S/C15H18BrClN2O2/c16-13-2-1-11(9-14(13)17)15(20)19-4-3-12(10-19)18-5-7-21-8-6-18/h1-2,9,12H,3-8,10H2. The minimum Gasteiger partial charge on any atom is -0.379 e. The van der Waals surface area contributed by atoms with Gasteiger partial charge < -0.3 is 9.64 Å². The summed E-state index contributed by atoms with van der Waals surface area (Å²) >= 11 is 9.42. The molecule has 0 saturated carbocycles. The average molecular weight is 374 g/mol. The molecule has 2 heterocycles. The van der Waals surface area contributed by atoms with Crippen molar-refractivity contribution in [3.8, 4) is 0 Å². The average Bonchev–Trinajstić information content (AvgIpc) is 3.00. The van der Waals surface area contributed by atoms with E-state index in [9.17, 15) is 4.79 Å². The number of nitrogens with zero attached hydrogens (tertiary/aromatic N) is 2. The molecule has 0 N–H and O–H groups in total. The zero-order chi connectivity index (χ0) is 14.8. The lowest BCUT2D eigenvalue weighted by molar-refractivity contribution is 0.0185. The summed E-state index contributed by atoms with van der Waals surface area (Å²) in [4.78, 5) is 16.9. The first-order valence-corrected chi connectivity index (χ1v) is 8.38. The highest BCUT2D eigenvalue weighted by molar-refractivity contribution is 9.10. The van der Waals surface area contributed by atoms with Gasteiger partial charge in [-0.15, -0.1) is 0 Å². The normalized spacial score (nSPS) is 23.5. The molecule has 0 radical (unpaired) electrons. The third-order valence-corrected chi connectivity index (χ3v) is 5.41. The molecule has 2 saturated heterocycles. The number of amides is 1. The summed E-state index contributed by atoms with van der Waals surface area (Å²) in [7, 11) is 0. The van der Waals surface area contributed by atoms with E-state index in [0.29, 0.717) is 16.6 Å². The molecular formula is C15H18BrClN2O2. The monoisotopic (exact) mass is 372 g/mol. The Balaban J connectivity index is 1.64. The van der Waals surface area contributed by atoms with Crippen LogP contribution in [0.1, 0.15) is 16.8 Å². The second-order valence-corrected chi connectivity index (χ2v) is 6.73. The van der Waals surface area contributed by atoms with Crippen LogP contribution in [0.25, 0.3) is 0 Å². The van der Waals surface area contributed by atoms with Gasteiger partial charge in [-0.1, -0.05) is 11.6 Å². The van der Waals surface area contributed by atoms with Gasteiger partial charge in [0.15, 0.2) is 0 Å². The van der Waals surface area contributed by atoms with Crippen molar-refractivity contribution in [2.24, 2.45) is 0 Å². The Kier molecular flexibility index (Phi) is 4.84. The summed E-state index contributed by atoms with van der Waals surface area (Å²) in [5, 5.41) is 0.574. The SMILES string of the molecule is O=C(c1ccc(Br)c(Cl)c1)N1CCC(N2CCOCC2)C1. The second-order valence-electron chi connectivity index (χ2n) is 5.47. The molecule has 2 fully saturated rings. The van der Waals surface area contributed by atoms with Crippen molar-refractivity contribution in [3.63, 3.8) is 0 Å². The van der Waals surface area contributed by atoms with Crippen molar-refractivity contribution in [2.75, 3.05) is 39.4 Å². The van der Waals surface area contributed by atoms with Crippen LogP contribution in [0.5, 0.6) is 0 Å². The Morgan fingerprint density at radius 1 is 1.29 bits per heavy atom. The van der Waals surface area contributed by atoms with Crippen LogP contribution < -0.4 is 0 Å². The summed E-state index contributed by atoms with van der Waals surface area (Å²) in [6.07, 6.45) is 1.04. The molecule has 114 valence electrons. The Bertz CT molecular complexity index is 534. The molecule has 1 atom stereocenters. The molecule has 0 aliphatic carbocycles. The zero-order valence-corrected chi connectivity index (χ0v) is 14.1. The summed E-state index contributed by atoms with van der Waals surface area (Å²) in [6, 6.07) is 5.84. The van der Waals surface area contributed by atoms with Gasteiger partial charge in [0.2, 0.25) is 0 Å². The largest absolute Gasteiger partial charge is 0.379 e. The number of morpholine rings is 1. The predicted octanol–water partition coefficient (Wildman–Crippen LogP) is 2.65. The van der Waals surface area contributed by atoms with Crippen LogP contribution in [0.4, 0.5) is 0 Å². The number of carbonyl (C=O) groups excluding carboxylic acids is 1. The third-order valence-electron chi connectivity index (χ3n) is 4.18. The van der Waals surface area contributed by atoms with E-state index in [1.165, 1.54) is 0 Å². The lowest BCUT2D eigenvalue weighted by Gasteiger charge is -2.32. The molecule has 4 nitrogen and oxygen atoms in total. The number of benzene rings is 1. The lowest BCUT2D eigenvalue weighted by Crippen LogP contribution is -2.45. The van der Waals surface area contributed by atoms with E-state index in [1.807, 2.05) is 17.0 Å². The number of ether oxygens (including phenoxy) is 1. The zero-order valence-electron chi connectivity index (χ0n) is 11.7. The summed E-state index contributed by atoms with van der Waals surface area (Å²) < 4.78 is 6.20. The minimum absolute atomic E-state index is 0.0696. The van der Waals surface area contributed by atoms with Crippen LogP contribution in [-0.2, 0) is 4.74 Å². The van der Waals surface area contributed by atoms with Gasteiger partial charge in [0.1, 0.15) is 0 Å². The smallest absolute Gasteiger partial charge is 0.253 e. The van der Waals surface area contributed by atoms with Crippen molar-refractivity contribution in [1.82, 2.24) is 9.80 Å². The molecular weight excluding hydrogens is 356 g/mol. The first kappa shape index (κ1) is 15.3. The van der Waals surface area contributed by atoms with Crippen molar-refractivity contribution in [1.29, 1.82) is 0 Å². The van der Waals surface area contributed by atoms with Gasteiger partial charge >= 0.3 is 0 Å². The topological polar surface area (TPSA) is 32.8 Å². The first-order valence-electron chi connectivity index (χ1n) is 7.21. The maximum absolute atomic E-state index is 12.5. The van der Waals surface area contributed by atoms with E-state index in [4.69, 9.17) is 16.3 Å². The van der Waals surface area contributed by atoms with Gasteiger partial charge in [0.25, 0.3) is 5.91 Å². The van der Waals surface area contributed by atoms with Crippen molar-refractivity contribution in [3.05, 3.63) is 33.3 Å². The Morgan fingerprint density at radius 3 is 2.76 bits per heavy atom. The maximum atomic E-state index is 12.5. The van der Waals surface area contributed by atoms with Crippen LogP contribution in [0, 0.1) is 0 Å². The quantitative estimate of drug-likeness (QED) is 0.799. The van der Waals surface area contributed by atoms with Crippen molar-refractivity contribution < 1.29 is 9.53 Å². The molecule has 0 aromatic heterocycles. The summed E-state index contributed by atoms with van der Waals surface area (Å²) in [5.74, 6) is 0.0696. The molecule has 1 amide bonds. The third kappa shape index (κ3) is 3.42. The Morgan fingerprint density at radius 2 is 2.05 bits per heavy atom. The van der Waals surface area contributed by atoms with Gasteiger partial charge in [-0.2, -0.15) is 0 Å². The molecule has 0 spiro atoms. The van der Waals surface area contributed by atoms with Crippen LogP contribution in [0.2, 0.25) is 5.02 Å². The van der Waals surface area contributed by atoms with Gasteiger partial charge in [-0.05, 0) is 40.5 Å². The highest BCUT2D eigenvalue weighted by atomic mass is 79.9. The second kappa shape index (κ2) is 6.65. The highest BCUT2D eigenvalue weighted by Crippen LogP contribution is 2.25. The molecule has 2 aliphatic heterocycles.